The van der Waals surface area contributed by atoms with Gasteiger partial charge in [0.1, 0.15) is 23.5 Å². The van der Waals surface area contributed by atoms with Crippen LogP contribution < -0.4 is 9.46 Å². The molecule has 0 radical (unpaired) electrons. The number of hydrogen-bond acceptors (Lipinski definition) is 4. The molecule has 2 aliphatic carbocycles. The molecule has 3 aliphatic rings. The molecule has 1 amide bonds. The van der Waals surface area contributed by atoms with E-state index < -0.39 is 5.82 Å². The van der Waals surface area contributed by atoms with Gasteiger partial charge < -0.3 is 4.74 Å². The zero-order valence-corrected chi connectivity index (χ0v) is 18.8. The molecule has 1 aliphatic heterocycles. The van der Waals surface area contributed by atoms with Gasteiger partial charge in [-0.05, 0) is 92.3 Å². The van der Waals surface area contributed by atoms with Gasteiger partial charge in [-0.3, -0.25) is 14.4 Å². The highest BCUT2D eigenvalue weighted by atomic mass is 32.2. The molecule has 7 heteroatoms. The van der Waals surface area contributed by atoms with Gasteiger partial charge in [-0.2, -0.15) is 0 Å². The Morgan fingerprint density at radius 3 is 2.59 bits per heavy atom. The molecule has 0 bridgehead atoms. The third-order valence-corrected chi connectivity index (χ3v) is 7.39. The third kappa shape index (κ3) is 5.44. The lowest BCUT2D eigenvalue weighted by Crippen LogP contribution is -2.40. The predicted molar refractivity (Wildman–Crippen MR) is 122 cm³/mol. The lowest BCUT2D eigenvalue weighted by Gasteiger charge is -2.33. The number of carbonyl (C=O) groups excluding carboxylic acids is 1. The van der Waals surface area contributed by atoms with E-state index in [1.54, 1.807) is 6.07 Å². The van der Waals surface area contributed by atoms with Crippen LogP contribution in [0.3, 0.4) is 0 Å². The molecule has 170 valence electrons. The maximum Gasteiger partial charge on any atom is 0.264 e. The molecule has 1 unspecified atom stereocenters. The van der Waals surface area contributed by atoms with Gasteiger partial charge in [0.2, 0.25) is 0 Å². The van der Waals surface area contributed by atoms with Gasteiger partial charge in [0.05, 0.1) is 5.56 Å². The van der Waals surface area contributed by atoms with E-state index in [1.807, 2.05) is 12.1 Å². The molecular weight excluding hydrogens is 430 g/mol. The van der Waals surface area contributed by atoms with Crippen LogP contribution >= 0.6 is 11.9 Å². The van der Waals surface area contributed by atoms with E-state index in [0.717, 1.165) is 69.3 Å². The van der Waals surface area contributed by atoms with E-state index in [9.17, 15) is 13.6 Å². The zero-order valence-electron chi connectivity index (χ0n) is 18.0. The summed E-state index contributed by atoms with van der Waals surface area (Å²) in [4.78, 5) is 14.8. The van der Waals surface area contributed by atoms with Gasteiger partial charge in [0, 0.05) is 24.4 Å². The predicted octanol–water partition coefficient (Wildman–Crippen LogP) is 5.43. The molecule has 32 heavy (non-hydrogen) atoms. The van der Waals surface area contributed by atoms with E-state index >= 15 is 0 Å². The number of ether oxygens (including phenoxy) is 1. The largest absolute Gasteiger partial charge is 0.489 e. The smallest absolute Gasteiger partial charge is 0.264 e. The van der Waals surface area contributed by atoms with Crippen LogP contribution in [0.15, 0.2) is 36.4 Å². The molecular formula is C25H28F2N2O2S. The summed E-state index contributed by atoms with van der Waals surface area (Å²) in [5.41, 5.74) is 2.12. The first kappa shape index (κ1) is 21.7. The summed E-state index contributed by atoms with van der Waals surface area (Å²) in [5.74, 6) is -0.211. The summed E-state index contributed by atoms with van der Waals surface area (Å²) in [6.07, 6.45) is 6.16. The van der Waals surface area contributed by atoms with Gasteiger partial charge in [-0.15, -0.1) is 0 Å². The minimum absolute atomic E-state index is 0.0359. The van der Waals surface area contributed by atoms with E-state index in [-0.39, 0.29) is 23.4 Å². The summed E-state index contributed by atoms with van der Waals surface area (Å²) >= 11 is 1.39. The summed E-state index contributed by atoms with van der Waals surface area (Å²) in [7, 11) is 0. The number of nitrogens with one attached hydrogen (secondary N) is 1. The Morgan fingerprint density at radius 1 is 1.09 bits per heavy atom. The van der Waals surface area contributed by atoms with Crippen LogP contribution in [0.25, 0.3) is 0 Å². The lowest BCUT2D eigenvalue weighted by atomic mass is 10.0. The van der Waals surface area contributed by atoms with E-state index in [0.29, 0.717) is 16.9 Å². The van der Waals surface area contributed by atoms with Crippen LogP contribution in [-0.2, 0) is 6.54 Å². The molecule has 0 spiro atoms. The fourth-order valence-corrected chi connectivity index (χ4v) is 4.97. The molecule has 4 nitrogen and oxygen atoms in total. The summed E-state index contributed by atoms with van der Waals surface area (Å²) in [6, 6.07) is 9.70. The molecule has 3 fully saturated rings. The molecule has 0 aromatic heterocycles. The number of halogens is 2. The third-order valence-electron chi connectivity index (χ3n) is 6.28. The Morgan fingerprint density at radius 2 is 1.88 bits per heavy atom. The maximum absolute atomic E-state index is 14.9. The molecule has 2 saturated carbocycles. The van der Waals surface area contributed by atoms with Gasteiger partial charge in [0.15, 0.2) is 0 Å². The number of piperidine rings is 1. The molecule has 1 N–H and O–H groups in total. The first-order valence-electron chi connectivity index (χ1n) is 11.5. The van der Waals surface area contributed by atoms with Crippen LogP contribution in [0.1, 0.15) is 65.9 Å². The average Bonchev–Trinajstić information content (AvgIpc) is 3.68. The Kier molecular flexibility index (Phi) is 6.37. The van der Waals surface area contributed by atoms with Crippen molar-refractivity contribution in [2.24, 2.45) is 0 Å². The number of amides is 1. The van der Waals surface area contributed by atoms with Crippen molar-refractivity contribution in [1.82, 2.24) is 9.62 Å². The van der Waals surface area contributed by atoms with Crippen molar-refractivity contribution in [2.45, 2.75) is 62.3 Å². The van der Waals surface area contributed by atoms with Crippen molar-refractivity contribution in [3.63, 3.8) is 0 Å². The summed E-state index contributed by atoms with van der Waals surface area (Å²) < 4.78 is 37.2. The first-order chi connectivity index (χ1) is 15.5. The van der Waals surface area contributed by atoms with E-state index in [1.165, 1.54) is 30.1 Å². The van der Waals surface area contributed by atoms with Crippen molar-refractivity contribution in [2.75, 3.05) is 13.1 Å². The Balaban J connectivity index is 1.26. The average molecular weight is 459 g/mol. The number of benzene rings is 2. The number of likely N-dealkylation sites (tertiary alicyclic amines) is 1. The second kappa shape index (κ2) is 9.40. The van der Waals surface area contributed by atoms with Gasteiger partial charge in [0.25, 0.3) is 5.91 Å². The van der Waals surface area contributed by atoms with Gasteiger partial charge in [-0.1, -0.05) is 12.1 Å². The highest BCUT2D eigenvalue weighted by Crippen LogP contribution is 2.45. The summed E-state index contributed by atoms with van der Waals surface area (Å²) in [6.45, 7) is 2.43. The van der Waals surface area contributed by atoms with Crippen molar-refractivity contribution in [1.29, 1.82) is 0 Å². The Labute approximate surface area is 191 Å². The first-order valence-corrected chi connectivity index (χ1v) is 12.4. The Bertz CT molecular complexity index is 977. The maximum atomic E-state index is 14.9. The zero-order chi connectivity index (χ0) is 22.1. The lowest BCUT2D eigenvalue weighted by molar-refractivity contribution is 0.0832. The van der Waals surface area contributed by atoms with Crippen molar-refractivity contribution < 1.29 is 18.3 Å². The number of carbonyl (C=O) groups is 1. The molecule has 1 saturated heterocycles. The second-order valence-corrected chi connectivity index (χ2v) is 10.2. The van der Waals surface area contributed by atoms with E-state index in [2.05, 4.69) is 9.62 Å². The highest BCUT2D eigenvalue weighted by Gasteiger charge is 2.32. The van der Waals surface area contributed by atoms with Crippen LogP contribution in [0.5, 0.6) is 5.75 Å². The van der Waals surface area contributed by atoms with Crippen molar-refractivity contribution in [3.05, 3.63) is 64.7 Å². The monoisotopic (exact) mass is 458 g/mol. The molecule has 2 aromatic rings. The number of nitrogens with zero attached hydrogens (tertiary/aromatic N) is 1. The normalized spacial score (nSPS) is 21.4. The SMILES string of the molecule is O=C(NSC1CC1)c1cc(C2CC2)c(OC2CCCN(Cc3ccc(F)cc3)C2)cc1F. The topological polar surface area (TPSA) is 41.6 Å². The molecule has 1 atom stereocenters. The number of hydrogen-bond donors (Lipinski definition) is 1. The van der Waals surface area contributed by atoms with E-state index in [4.69, 9.17) is 4.74 Å². The standard InChI is InChI=1S/C25H28F2N2O2S/c26-18-7-3-16(4-8-18)14-29-11-1-2-19(15-29)31-24-13-23(27)22(12-21(24)17-5-6-17)25(30)28-32-20-9-10-20/h3-4,7-8,12-13,17,19-20H,1-2,5-6,9-11,14-15H2,(H,28,30). The second-order valence-electron chi connectivity index (χ2n) is 9.14. The van der Waals surface area contributed by atoms with Crippen LogP contribution in [0.2, 0.25) is 0 Å². The minimum atomic E-state index is -0.530. The van der Waals surface area contributed by atoms with Crippen molar-refractivity contribution in [3.8, 4) is 5.75 Å². The van der Waals surface area contributed by atoms with Crippen LogP contribution in [-0.4, -0.2) is 35.3 Å². The van der Waals surface area contributed by atoms with Crippen molar-refractivity contribution >= 4 is 17.9 Å². The number of rotatable bonds is 8. The fourth-order valence-electron chi connectivity index (χ4n) is 4.22. The Hall–Kier alpha value is -2.12. The van der Waals surface area contributed by atoms with Crippen LogP contribution in [0.4, 0.5) is 8.78 Å². The minimum Gasteiger partial charge on any atom is -0.489 e. The molecule has 1 heterocycles. The molecule has 2 aromatic carbocycles. The fraction of sp³-hybridized carbons (Fsp3) is 0.480. The van der Waals surface area contributed by atoms with Gasteiger partial charge >= 0.3 is 0 Å². The molecule has 5 rings (SSSR count). The quantitative estimate of drug-likeness (QED) is 0.536. The van der Waals surface area contributed by atoms with Crippen LogP contribution in [0, 0.1) is 11.6 Å². The highest BCUT2D eigenvalue weighted by molar-refractivity contribution is 7.98. The summed E-state index contributed by atoms with van der Waals surface area (Å²) in [5, 5.41) is 0.469. The van der Waals surface area contributed by atoms with Gasteiger partial charge in [-0.25, -0.2) is 8.78 Å².